The number of ether oxygens (including phenoxy) is 1. The number of fused-ring (bicyclic) bond motifs is 1. The highest BCUT2D eigenvalue weighted by Gasteiger charge is 2.34. The van der Waals surface area contributed by atoms with Crippen LogP contribution >= 0.6 is 11.3 Å². The maximum atomic E-state index is 13.3. The average Bonchev–Trinajstić information content (AvgIpc) is 3.40. The molecule has 0 bridgehead atoms. The number of urea groups is 1. The van der Waals surface area contributed by atoms with E-state index in [0.29, 0.717) is 40.7 Å². The number of carbonyl (C=O) groups is 2. The zero-order valence-electron chi connectivity index (χ0n) is 21.2. The highest BCUT2D eigenvalue weighted by Crippen LogP contribution is 2.40. The quantitative estimate of drug-likeness (QED) is 0.253. The zero-order valence-corrected chi connectivity index (χ0v) is 22.0. The number of hydrogen-bond acceptors (Lipinski definition) is 7. The lowest BCUT2D eigenvalue weighted by molar-refractivity contribution is -0.140. The summed E-state index contributed by atoms with van der Waals surface area (Å²) in [5.74, 6) is -0.622. The Labute approximate surface area is 224 Å². The van der Waals surface area contributed by atoms with Crippen LogP contribution in [0.15, 0.2) is 40.8 Å². The Morgan fingerprint density at radius 3 is 2.51 bits per heavy atom. The minimum atomic E-state index is -4.63. The summed E-state index contributed by atoms with van der Waals surface area (Å²) in [6.45, 7) is 5.71. The van der Waals surface area contributed by atoms with E-state index in [2.05, 4.69) is 25.6 Å². The van der Waals surface area contributed by atoms with Crippen LogP contribution in [0, 0.1) is 0 Å². The van der Waals surface area contributed by atoms with Gasteiger partial charge < -0.3 is 15.0 Å². The van der Waals surface area contributed by atoms with Gasteiger partial charge in [-0.15, -0.1) is 11.3 Å². The average molecular weight is 560 g/mol. The molecule has 9 nitrogen and oxygen atoms in total. The van der Waals surface area contributed by atoms with Gasteiger partial charge in [-0.05, 0) is 49.6 Å². The largest absolute Gasteiger partial charge is 0.462 e. The SMILES string of the molecule is CCNC(=O)Nc1cc(-c2nc(C(F)(F)F)cs2)c(-c2cc3[nH]cc(C(=O)OCC)c(=O)c3cc2CC)cn1. The molecule has 2 amide bonds. The Kier molecular flexibility index (Phi) is 8.00. The number of pyridine rings is 2. The molecule has 0 atom stereocenters. The molecule has 3 aromatic heterocycles. The van der Waals surface area contributed by atoms with Crippen molar-refractivity contribution in [3.63, 3.8) is 0 Å². The second-order valence-corrected chi connectivity index (χ2v) is 9.15. The van der Waals surface area contributed by atoms with E-state index in [1.807, 2.05) is 6.92 Å². The molecule has 0 fully saturated rings. The fourth-order valence-electron chi connectivity index (χ4n) is 3.98. The summed E-state index contributed by atoms with van der Waals surface area (Å²) < 4.78 is 45.0. The lowest BCUT2D eigenvalue weighted by Crippen LogP contribution is -2.28. The van der Waals surface area contributed by atoms with Gasteiger partial charge in [0, 0.05) is 46.3 Å². The fraction of sp³-hybridized carbons (Fsp3) is 0.269. The molecule has 3 heterocycles. The number of benzene rings is 1. The smallest absolute Gasteiger partial charge is 0.434 e. The fourth-order valence-corrected chi connectivity index (χ4v) is 4.84. The summed E-state index contributed by atoms with van der Waals surface area (Å²) >= 11 is 0.809. The second kappa shape index (κ2) is 11.2. The zero-order chi connectivity index (χ0) is 28.3. The van der Waals surface area contributed by atoms with E-state index in [9.17, 15) is 27.6 Å². The summed E-state index contributed by atoms with van der Waals surface area (Å²) in [5, 5.41) is 6.39. The number of alkyl halides is 3. The first-order valence-corrected chi connectivity index (χ1v) is 12.9. The molecule has 0 spiro atoms. The number of nitrogens with one attached hydrogen (secondary N) is 3. The summed E-state index contributed by atoms with van der Waals surface area (Å²) in [5.41, 5.74) is 0.794. The van der Waals surface area contributed by atoms with Crippen molar-refractivity contribution in [1.82, 2.24) is 20.3 Å². The summed E-state index contributed by atoms with van der Waals surface area (Å²) in [7, 11) is 0. The van der Waals surface area contributed by atoms with Gasteiger partial charge in [-0.3, -0.25) is 10.1 Å². The first-order valence-electron chi connectivity index (χ1n) is 12.0. The van der Waals surface area contributed by atoms with E-state index in [0.717, 1.165) is 16.7 Å². The Bertz CT molecular complexity index is 1610. The van der Waals surface area contributed by atoms with Crippen LogP contribution in [0.4, 0.5) is 23.8 Å². The van der Waals surface area contributed by atoms with Gasteiger partial charge in [0.15, 0.2) is 5.69 Å². The van der Waals surface area contributed by atoms with Gasteiger partial charge in [0.1, 0.15) is 16.4 Å². The standard InChI is InChI=1S/C26H24F3N5O4S/c1-4-13-7-16-19(31-11-18(22(16)35)24(36)38-6-3)8-14(13)17-10-32-21(34-25(37)30-5-2)9-15(17)23-33-20(12-39-23)26(27,28)29/h7-12H,4-6H2,1-3H3,(H,31,35)(H2,30,32,34,37). The Balaban J connectivity index is 1.91. The number of thiazole rings is 1. The molecule has 0 aliphatic carbocycles. The second-order valence-electron chi connectivity index (χ2n) is 8.30. The Hall–Kier alpha value is -4.26. The summed E-state index contributed by atoms with van der Waals surface area (Å²) in [6, 6.07) is 4.26. The molecule has 0 unspecified atom stereocenters. The number of hydrogen-bond donors (Lipinski definition) is 3. The summed E-state index contributed by atoms with van der Waals surface area (Å²) in [6.07, 6.45) is -1.46. The lowest BCUT2D eigenvalue weighted by Gasteiger charge is -2.15. The van der Waals surface area contributed by atoms with Crippen LogP contribution < -0.4 is 16.1 Å². The molecule has 0 radical (unpaired) electrons. The predicted molar refractivity (Wildman–Crippen MR) is 142 cm³/mol. The van der Waals surface area contributed by atoms with E-state index in [1.54, 1.807) is 26.0 Å². The van der Waals surface area contributed by atoms with E-state index in [1.165, 1.54) is 18.5 Å². The number of aryl methyl sites for hydroxylation is 1. The van der Waals surface area contributed by atoms with Crippen LogP contribution in [-0.4, -0.2) is 40.1 Å². The van der Waals surface area contributed by atoms with Gasteiger partial charge in [0.2, 0.25) is 5.43 Å². The highest BCUT2D eigenvalue weighted by atomic mass is 32.1. The normalized spacial score (nSPS) is 11.4. The van der Waals surface area contributed by atoms with Gasteiger partial charge in [-0.25, -0.2) is 19.6 Å². The first-order chi connectivity index (χ1) is 18.6. The number of nitrogens with zero attached hydrogens (tertiary/aromatic N) is 2. The minimum absolute atomic E-state index is 0.0759. The van der Waals surface area contributed by atoms with Crippen LogP contribution in [0.3, 0.4) is 0 Å². The third-order valence-corrected chi connectivity index (χ3v) is 6.65. The number of esters is 1. The Morgan fingerprint density at radius 1 is 1.10 bits per heavy atom. The van der Waals surface area contributed by atoms with Crippen molar-refractivity contribution in [3.05, 3.63) is 63.0 Å². The highest BCUT2D eigenvalue weighted by molar-refractivity contribution is 7.13. The number of rotatable bonds is 7. The van der Waals surface area contributed by atoms with Crippen LogP contribution in [0.1, 0.15) is 42.4 Å². The van der Waals surface area contributed by atoms with Crippen molar-refractivity contribution in [2.75, 3.05) is 18.5 Å². The molecule has 4 aromatic rings. The molecule has 0 aliphatic rings. The van der Waals surface area contributed by atoms with Gasteiger partial charge >= 0.3 is 18.2 Å². The van der Waals surface area contributed by atoms with Crippen molar-refractivity contribution >= 4 is 40.1 Å². The maximum Gasteiger partial charge on any atom is 0.434 e. The van der Waals surface area contributed by atoms with Crippen LogP contribution in [0.5, 0.6) is 0 Å². The van der Waals surface area contributed by atoms with Gasteiger partial charge in [0.05, 0.1) is 6.61 Å². The van der Waals surface area contributed by atoms with Crippen LogP contribution in [0.2, 0.25) is 0 Å². The number of amides is 2. The Morgan fingerprint density at radius 2 is 1.87 bits per heavy atom. The molecule has 4 rings (SSSR count). The molecule has 1 aromatic carbocycles. The summed E-state index contributed by atoms with van der Waals surface area (Å²) in [4.78, 5) is 48.4. The molecule has 0 saturated heterocycles. The van der Waals surface area contributed by atoms with Crippen molar-refractivity contribution in [3.8, 4) is 21.7 Å². The first kappa shape index (κ1) is 27.8. The molecular weight excluding hydrogens is 535 g/mol. The molecule has 0 aliphatic heterocycles. The third kappa shape index (κ3) is 5.77. The van der Waals surface area contributed by atoms with Crippen molar-refractivity contribution in [2.45, 2.75) is 33.4 Å². The number of aromatic nitrogens is 3. The molecule has 204 valence electrons. The maximum absolute atomic E-state index is 13.3. The van der Waals surface area contributed by atoms with Crippen molar-refractivity contribution in [1.29, 1.82) is 0 Å². The number of aromatic amines is 1. The van der Waals surface area contributed by atoms with Crippen LogP contribution in [-0.2, 0) is 17.3 Å². The van der Waals surface area contributed by atoms with E-state index in [4.69, 9.17) is 4.74 Å². The third-order valence-electron chi connectivity index (χ3n) is 5.78. The number of H-pyrrole nitrogens is 1. The van der Waals surface area contributed by atoms with Gasteiger partial charge in [-0.1, -0.05) is 6.92 Å². The number of halogens is 3. The van der Waals surface area contributed by atoms with Crippen molar-refractivity contribution < 1.29 is 27.5 Å². The van der Waals surface area contributed by atoms with E-state index in [-0.39, 0.29) is 28.4 Å². The molecule has 13 heteroatoms. The van der Waals surface area contributed by atoms with Gasteiger partial charge in [-0.2, -0.15) is 13.2 Å². The predicted octanol–water partition coefficient (Wildman–Crippen LogP) is 5.61. The van der Waals surface area contributed by atoms with E-state index < -0.39 is 29.3 Å². The number of carbonyl (C=O) groups excluding carboxylic acids is 2. The topological polar surface area (TPSA) is 126 Å². The molecule has 3 N–H and O–H groups in total. The van der Waals surface area contributed by atoms with E-state index >= 15 is 0 Å². The van der Waals surface area contributed by atoms with Crippen LogP contribution in [0.25, 0.3) is 32.6 Å². The minimum Gasteiger partial charge on any atom is -0.462 e. The lowest BCUT2D eigenvalue weighted by atomic mass is 9.93. The molecule has 0 saturated carbocycles. The molecular formula is C26H24F3N5O4S. The molecule has 39 heavy (non-hydrogen) atoms. The monoisotopic (exact) mass is 559 g/mol. The van der Waals surface area contributed by atoms with Crippen molar-refractivity contribution in [2.24, 2.45) is 0 Å². The number of anilines is 1. The van der Waals surface area contributed by atoms with Gasteiger partial charge in [0.25, 0.3) is 0 Å².